The highest BCUT2D eigenvalue weighted by atomic mass is 35.5. The maximum Gasteiger partial charge on any atom is 0.230 e. The fraction of sp³-hybridized carbons (Fsp3) is 0.800. The van der Waals surface area contributed by atoms with E-state index < -0.39 is 15.5 Å². The molecule has 1 rings (SSSR count). The van der Waals surface area contributed by atoms with E-state index in [1.807, 2.05) is 0 Å². The number of halogens is 3. The molecule has 1 saturated carbocycles. The molecule has 0 amide bonds. The molecule has 0 aromatic heterocycles. The maximum absolute atomic E-state index is 10.6. The molecule has 0 N–H and O–H groups in total. The Morgan fingerprint density at radius 3 is 1.89 bits per heavy atom. The van der Waals surface area contributed by atoms with Gasteiger partial charge < -0.3 is 0 Å². The third-order valence-corrected chi connectivity index (χ3v) is 2.81. The molecular weight excluding hydrogens is 182 g/mol. The third kappa shape index (κ3) is 1.19. The van der Waals surface area contributed by atoms with Gasteiger partial charge in [0.2, 0.25) is 5.24 Å². The molecule has 1 aliphatic rings. The number of hydrogen-bond donors (Lipinski definition) is 0. The van der Waals surface area contributed by atoms with Gasteiger partial charge in [-0.1, -0.05) is 0 Å². The number of hydrogen-bond acceptors (Lipinski definition) is 1. The summed E-state index contributed by atoms with van der Waals surface area (Å²) in [7, 11) is 0. The van der Waals surface area contributed by atoms with Crippen LogP contribution < -0.4 is 0 Å². The lowest BCUT2D eigenvalue weighted by Gasteiger charge is -2.08. The highest BCUT2D eigenvalue weighted by molar-refractivity contribution is 6.66. The van der Waals surface area contributed by atoms with Crippen molar-refractivity contribution in [2.24, 2.45) is 5.41 Å². The van der Waals surface area contributed by atoms with E-state index in [4.69, 9.17) is 34.8 Å². The Balaban J connectivity index is 2.63. The van der Waals surface area contributed by atoms with Crippen LogP contribution in [0, 0.1) is 5.41 Å². The molecule has 0 radical (unpaired) electrons. The summed E-state index contributed by atoms with van der Waals surface area (Å²) in [6.07, 6.45) is 1.46. The van der Waals surface area contributed by atoms with E-state index in [0.717, 1.165) is 12.8 Å². The van der Waals surface area contributed by atoms with Gasteiger partial charge in [0.25, 0.3) is 0 Å². The van der Waals surface area contributed by atoms with Gasteiger partial charge in [-0.05, 0) is 24.4 Å². The quantitative estimate of drug-likeness (QED) is 0.479. The highest BCUT2D eigenvalue weighted by Crippen LogP contribution is 2.53. The number of carbonyl (C=O) groups excluding carboxylic acids is 1. The largest absolute Gasteiger partial charge is 0.281 e. The molecule has 1 nitrogen and oxygen atoms in total. The van der Waals surface area contributed by atoms with Gasteiger partial charge in [0.1, 0.15) is 4.84 Å². The molecule has 0 aromatic rings. The average molecular weight is 187 g/mol. The van der Waals surface area contributed by atoms with Crippen LogP contribution >= 0.6 is 34.8 Å². The van der Waals surface area contributed by atoms with Crippen molar-refractivity contribution in [1.82, 2.24) is 0 Å². The van der Waals surface area contributed by atoms with Crippen molar-refractivity contribution in [3.05, 3.63) is 0 Å². The van der Waals surface area contributed by atoms with Crippen LogP contribution in [-0.2, 0) is 4.79 Å². The van der Waals surface area contributed by atoms with Crippen molar-refractivity contribution in [2.75, 3.05) is 0 Å². The van der Waals surface area contributed by atoms with Crippen LogP contribution in [0.15, 0.2) is 0 Å². The van der Waals surface area contributed by atoms with Crippen molar-refractivity contribution in [3.8, 4) is 0 Å². The second-order valence-electron chi connectivity index (χ2n) is 2.23. The topological polar surface area (TPSA) is 17.1 Å². The zero-order valence-electron chi connectivity index (χ0n) is 4.53. The summed E-state index contributed by atoms with van der Waals surface area (Å²) in [6.45, 7) is 0. The molecule has 0 atom stereocenters. The van der Waals surface area contributed by atoms with Gasteiger partial charge in [0.15, 0.2) is 0 Å². The Morgan fingerprint density at radius 1 is 1.44 bits per heavy atom. The first kappa shape index (κ1) is 7.64. The maximum atomic E-state index is 10.6. The van der Waals surface area contributed by atoms with Crippen molar-refractivity contribution in [3.63, 3.8) is 0 Å². The van der Waals surface area contributed by atoms with Crippen molar-refractivity contribution < 1.29 is 4.79 Å². The summed E-state index contributed by atoms with van der Waals surface area (Å²) in [5, 5.41) is -0.405. The predicted octanol–water partition coefficient (Wildman–Crippen LogP) is 2.34. The first-order valence-electron chi connectivity index (χ1n) is 2.58. The summed E-state index contributed by atoms with van der Waals surface area (Å²) < 4.78 is 0. The standard InChI is InChI=1S/C5H5Cl3O/c6-3(7)5(1-2-5)4(8)9/h3H,1-2H2. The molecular formula is C5H5Cl3O. The van der Waals surface area contributed by atoms with Crippen LogP contribution in [0.5, 0.6) is 0 Å². The summed E-state index contributed by atoms with van der Waals surface area (Å²) in [5.74, 6) is 0. The second kappa shape index (κ2) is 2.30. The molecule has 0 bridgehead atoms. The van der Waals surface area contributed by atoms with Gasteiger partial charge in [-0.3, -0.25) is 4.79 Å². The third-order valence-electron chi connectivity index (χ3n) is 1.60. The van der Waals surface area contributed by atoms with E-state index in [1.54, 1.807) is 0 Å². The van der Waals surface area contributed by atoms with E-state index >= 15 is 0 Å². The average Bonchev–Trinajstić information content (AvgIpc) is 2.40. The molecule has 0 aliphatic heterocycles. The molecule has 0 saturated heterocycles. The number of alkyl halides is 2. The fourth-order valence-electron chi connectivity index (χ4n) is 0.635. The minimum atomic E-state index is -0.637. The van der Waals surface area contributed by atoms with Crippen LogP contribution in [-0.4, -0.2) is 10.1 Å². The van der Waals surface area contributed by atoms with Crippen LogP contribution in [0.1, 0.15) is 12.8 Å². The van der Waals surface area contributed by atoms with Gasteiger partial charge in [0, 0.05) is 0 Å². The van der Waals surface area contributed by atoms with Crippen LogP contribution in [0.3, 0.4) is 0 Å². The molecule has 1 aliphatic carbocycles. The SMILES string of the molecule is O=C(Cl)C1(C(Cl)Cl)CC1. The van der Waals surface area contributed by atoms with E-state index in [0.29, 0.717) is 0 Å². The van der Waals surface area contributed by atoms with Crippen LogP contribution in [0.2, 0.25) is 0 Å². The molecule has 0 unspecified atom stereocenters. The molecule has 9 heavy (non-hydrogen) atoms. The lowest BCUT2D eigenvalue weighted by atomic mass is 10.2. The fourth-order valence-corrected chi connectivity index (χ4v) is 1.68. The molecule has 52 valence electrons. The Morgan fingerprint density at radius 2 is 1.89 bits per heavy atom. The minimum Gasteiger partial charge on any atom is -0.281 e. The van der Waals surface area contributed by atoms with Crippen molar-refractivity contribution in [2.45, 2.75) is 17.7 Å². The van der Waals surface area contributed by atoms with Gasteiger partial charge >= 0.3 is 0 Å². The van der Waals surface area contributed by atoms with Gasteiger partial charge in [-0.2, -0.15) is 0 Å². The first-order valence-corrected chi connectivity index (χ1v) is 3.83. The van der Waals surface area contributed by atoms with E-state index in [9.17, 15) is 4.79 Å². The summed E-state index contributed by atoms with van der Waals surface area (Å²) in [5.41, 5.74) is -0.593. The summed E-state index contributed by atoms with van der Waals surface area (Å²) >= 11 is 16.2. The Hall–Kier alpha value is 0.540. The molecule has 1 fully saturated rings. The monoisotopic (exact) mass is 186 g/mol. The number of carbonyl (C=O) groups is 1. The van der Waals surface area contributed by atoms with Gasteiger partial charge in [0.05, 0.1) is 5.41 Å². The normalized spacial score (nSPS) is 22.2. The second-order valence-corrected chi connectivity index (χ2v) is 3.67. The van der Waals surface area contributed by atoms with Crippen LogP contribution in [0.4, 0.5) is 0 Å². The first-order chi connectivity index (χ1) is 4.09. The van der Waals surface area contributed by atoms with Crippen LogP contribution in [0.25, 0.3) is 0 Å². The molecule has 4 heteroatoms. The lowest BCUT2D eigenvalue weighted by Crippen LogP contribution is -2.17. The Labute approximate surface area is 68.3 Å². The van der Waals surface area contributed by atoms with E-state index in [-0.39, 0.29) is 0 Å². The smallest absolute Gasteiger partial charge is 0.230 e. The number of rotatable bonds is 2. The van der Waals surface area contributed by atoms with Crippen molar-refractivity contribution in [1.29, 1.82) is 0 Å². The predicted molar refractivity (Wildman–Crippen MR) is 38.0 cm³/mol. The Bertz CT molecular complexity index is 139. The van der Waals surface area contributed by atoms with E-state index in [1.165, 1.54) is 0 Å². The van der Waals surface area contributed by atoms with Gasteiger partial charge in [-0.25, -0.2) is 0 Å². The molecule has 0 spiro atoms. The molecule has 0 heterocycles. The summed E-state index contributed by atoms with van der Waals surface area (Å²) in [4.78, 5) is 9.93. The lowest BCUT2D eigenvalue weighted by molar-refractivity contribution is -0.115. The van der Waals surface area contributed by atoms with E-state index in [2.05, 4.69) is 0 Å². The zero-order chi connectivity index (χ0) is 7.07. The van der Waals surface area contributed by atoms with Crippen molar-refractivity contribution >= 4 is 40.0 Å². The Kier molecular flexibility index (Phi) is 1.95. The molecule has 0 aromatic carbocycles. The van der Waals surface area contributed by atoms with Gasteiger partial charge in [-0.15, -0.1) is 23.2 Å². The summed E-state index contributed by atoms with van der Waals surface area (Å²) in [6, 6.07) is 0. The zero-order valence-corrected chi connectivity index (χ0v) is 6.80. The minimum absolute atomic E-state index is 0.405. The highest BCUT2D eigenvalue weighted by Gasteiger charge is 2.54.